The van der Waals surface area contributed by atoms with Crippen LogP contribution < -0.4 is 16.0 Å². The van der Waals surface area contributed by atoms with Crippen molar-refractivity contribution in [3.05, 3.63) is 35.9 Å². The standard InChI is InChI=1S/C15H19N3O2/c19-13-15(18-14(20)17-13,12-6-8-16-9-7-12)10-11-4-2-1-3-5-11/h1-5,12,16H,6-10H2,(H2,17,18,19,20). The molecule has 2 aliphatic rings. The van der Waals surface area contributed by atoms with E-state index in [1.54, 1.807) is 0 Å². The van der Waals surface area contributed by atoms with Crippen LogP contribution in [0.25, 0.3) is 0 Å². The van der Waals surface area contributed by atoms with E-state index in [0.717, 1.165) is 31.5 Å². The predicted octanol–water partition coefficient (Wildman–Crippen LogP) is 0.807. The van der Waals surface area contributed by atoms with E-state index in [9.17, 15) is 9.59 Å². The monoisotopic (exact) mass is 273 g/mol. The van der Waals surface area contributed by atoms with Gasteiger partial charge in [0.25, 0.3) is 5.91 Å². The average molecular weight is 273 g/mol. The van der Waals surface area contributed by atoms with E-state index in [1.807, 2.05) is 30.3 Å². The third-order valence-corrected chi connectivity index (χ3v) is 4.33. The van der Waals surface area contributed by atoms with Gasteiger partial charge >= 0.3 is 6.03 Å². The van der Waals surface area contributed by atoms with Crippen molar-refractivity contribution in [2.75, 3.05) is 13.1 Å². The molecule has 0 bridgehead atoms. The van der Waals surface area contributed by atoms with Crippen LogP contribution in [0.4, 0.5) is 4.79 Å². The van der Waals surface area contributed by atoms with Gasteiger partial charge in [0.05, 0.1) is 0 Å². The average Bonchev–Trinajstić information content (AvgIpc) is 2.76. The van der Waals surface area contributed by atoms with E-state index < -0.39 is 5.54 Å². The molecule has 0 aliphatic carbocycles. The Morgan fingerprint density at radius 1 is 1.10 bits per heavy atom. The van der Waals surface area contributed by atoms with Crippen molar-refractivity contribution >= 4 is 11.9 Å². The number of carbonyl (C=O) groups is 2. The van der Waals surface area contributed by atoms with Gasteiger partial charge in [-0.1, -0.05) is 30.3 Å². The molecule has 1 atom stereocenters. The topological polar surface area (TPSA) is 70.2 Å². The number of amides is 3. The molecule has 0 radical (unpaired) electrons. The van der Waals surface area contributed by atoms with E-state index >= 15 is 0 Å². The Balaban J connectivity index is 1.91. The van der Waals surface area contributed by atoms with Gasteiger partial charge in [-0.05, 0) is 37.4 Å². The van der Waals surface area contributed by atoms with Crippen LogP contribution in [0.3, 0.4) is 0 Å². The fourth-order valence-corrected chi connectivity index (χ4v) is 3.29. The van der Waals surface area contributed by atoms with Crippen LogP contribution in [0.2, 0.25) is 0 Å². The first-order valence-electron chi connectivity index (χ1n) is 7.09. The van der Waals surface area contributed by atoms with Crippen LogP contribution in [0, 0.1) is 5.92 Å². The van der Waals surface area contributed by atoms with E-state index in [2.05, 4.69) is 16.0 Å². The van der Waals surface area contributed by atoms with Gasteiger partial charge in [0.15, 0.2) is 0 Å². The smallest absolute Gasteiger partial charge is 0.322 e. The summed E-state index contributed by atoms with van der Waals surface area (Å²) in [6.07, 6.45) is 2.36. The van der Waals surface area contributed by atoms with E-state index in [0.29, 0.717) is 6.42 Å². The summed E-state index contributed by atoms with van der Waals surface area (Å²) in [6, 6.07) is 9.50. The minimum Gasteiger partial charge on any atom is -0.323 e. The molecule has 0 spiro atoms. The van der Waals surface area contributed by atoms with E-state index in [1.165, 1.54) is 0 Å². The molecule has 106 valence electrons. The van der Waals surface area contributed by atoms with Crippen molar-refractivity contribution in [2.24, 2.45) is 5.92 Å². The van der Waals surface area contributed by atoms with Crippen molar-refractivity contribution in [1.82, 2.24) is 16.0 Å². The summed E-state index contributed by atoms with van der Waals surface area (Å²) in [5, 5.41) is 8.62. The van der Waals surface area contributed by atoms with E-state index in [4.69, 9.17) is 0 Å². The molecule has 0 aromatic heterocycles. The zero-order valence-electron chi connectivity index (χ0n) is 11.3. The first-order chi connectivity index (χ1) is 9.71. The fourth-order valence-electron chi connectivity index (χ4n) is 3.29. The lowest BCUT2D eigenvalue weighted by atomic mass is 9.74. The Bertz CT molecular complexity index is 511. The Kier molecular flexibility index (Phi) is 3.44. The Hall–Kier alpha value is -1.88. The molecule has 3 rings (SSSR count). The molecular weight excluding hydrogens is 254 g/mol. The molecule has 2 saturated heterocycles. The van der Waals surface area contributed by atoms with Gasteiger partial charge in [-0.2, -0.15) is 0 Å². The number of piperidine rings is 1. The summed E-state index contributed by atoms with van der Waals surface area (Å²) < 4.78 is 0. The van der Waals surface area contributed by atoms with Crippen LogP contribution >= 0.6 is 0 Å². The lowest BCUT2D eigenvalue weighted by Crippen LogP contribution is -2.57. The summed E-state index contributed by atoms with van der Waals surface area (Å²) in [6.45, 7) is 1.79. The first-order valence-corrected chi connectivity index (χ1v) is 7.09. The third kappa shape index (κ3) is 2.29. The van der Waals surface area contributed by atoms with Gasteiger partial charge < -0.3 is 10.6 Å². The van der Waals surface area contributed by atoms with Crippen LogP contribution in [0.1, 0.15) is 18.4 Å². The molecule has 0 saturated carbocycles. The zero-order valence-corrected chi connectivity index (χ0v) is 11.3. The third-order valence-electron chi connectivity index (χ3n) is 4.33. The molecule has 1 aromatic rings. The van der Waals surface area contributed by atoms with Crippen molar-refractivity contribution in [1.29, 1.82) is 0 Å². The first kappa shape index (κ1) is 13.1. The minimum absolute atomic E-state index is 0.176. The number of imide groups is 1. The van der Waals surface area contributed by atoms with Gasteiger partial charge in [-0.15, -0.1) is 0 Å². The molecule has 1 unspecified atom stereocenters. The maximum Gasteiger partial charge on any atom is 0.322 e. The fraction of sp³-hybridized carbons (Fsp3) is 0.467. The highest BCUT2D eigenvalue weighted by atomic mass is 16.2. The SMILES string of the molecule is O=C1NC(=O)C(Cc2ccccc2)(C2CCNCC2)N1. The maximum atomic E-state index is 12.4. The predicted molar refractivity (Wildman–Crippen MR) is 75.1 cm³/mol. The quantitative estimate of drug-likeness (QED) is 0.714. The van der Waals surface area contributed by atoms with Crippen LogP contribution in [0.5, 0.6) is 0 Å². The Morgan fingerprint density at radius 3 is 2.40 bits per heavy atom. The molecule has 2 fully saturated rings. The van der Waals surface area contributed by atoms with Crippen molar-refractivity contribution in [3.8, 4) is 0 Å². The second-order valence-corrected chi connectivity index (χ2v) is 5.57. The summed E-state index contributed by atoms with van der Waals surface area (Å²) in [5.41, 5.74) is 0.281. The van der Waals surface area contributed by atoms with Gasteiger partial charge in [0, 0.05) is 6.42 Å². The van der Waals surface area contributed by atoms with Gasteiger partial charge in [0.2, 0.25) is 0 Å². The molecule has 20 heavy (non-hydrogen) atoms. The number of nitrogens with one attached hydrogen (secondary N) is 3. The number of hydrogen-bond acceptors (Lipinski definition) is 3. The molecule has 5 heteroatoms. The molecule has 2 heterocycles. The molecular formula is C15H19N3O2. The lowest BCUT2D eigenvalue weighted by Gasteiger charge is -2.37. The molecule has 5 nitrogen and oxygen atoms in total. The van der Waals surface area contributed by atoms with Crippen LogP contribution in [-0.2, 0) is 11.2 Å². The highest BCUT2D eigenvalue weighted by molar-refractivity contribution is 6.07. The zero-order chi connectivity index (χ0) is 14.0. The Morgan fingerprint density at radius 2 is 1.80 bits per heavy atom. The summed E-state index contributed by atoms with van der Waals surface area (Å²) in [4.78, 5) is 24.0. The highest BCUT2D eigenvalue weighted by Crippen LogP contribution is 2.32. The van der Waals surface area contributed by atoms with Gasteiger partial charge in [0.1, 0.15) is 5.54 Å². The second-order valence-electron chi connectivity index (χ2n) is 5.57. The number of urea groups is 1. The molecule has 1 aromatic carbocycles. The number of carbonyl (C=O) groups excluding carboxylic acids is 2. The van der Waals surface area contributed by atoms with Crippen molar-refractivity contribution in [2.45, 2.75) is 24.8 Å². The summed E-state index contributed by atoms with van der Waals surface area (Å²) in [7, 11) is 0. The largest absolute Gasteiger partial charge is 0.323 e. The maximum absolute atomic E-state index is 12.4. The number of benzene rings is 1. The molecule has 2 aliphatic heterocycles. The minimum atomic E-state index is -0.791. The highest BCUT2D eigenvalue weighted by Gasteiger charge is 2.51. The second kappa shape index (κ2) is 5.25. The molecule has 3 N–H and O–H groups in total. The lowest BCUT2D eigenvalue weighted by molar-refractivity contribution is -0.126. The van der Waals surface area contributed by atoms with Crippen LogP contribution in [-0.4, -0.2) is 30.6 Å². The summed E-state index contributed by atoms with van der Waals surface area (Å²) in [5.74, 6) is -0.00587. The van der Waals surface area contributed by atoms with Crippen molar-refractivity contribution in [3.63, 3.8) is 0 Å². The van der Waals surface area contributed by atoms with Gasteiger partial charge in [-0.3, -0.25) is 10.1 Å². The van der Waals surface area contributed by atoms with Crippen molar-refractivity contribution < 1.29 is 9.59 Å². The summed E-state index contributed by atoms with van der Waals surface area (Å²) >= 11 is 0. The van der Waals surface area contributed by atoms with Gasteiger partial charge in [-0.25, -0.2) is 4.79 Å². The van der Waals surface area contributed by atoms with E-state index in [-0.39, 0.29) is 17.9 Å². The number of hydrogen-bond donors (Lipinski definition) is 3. The Labute approximate surface area is 118 Å². The normalized spacial score (nSPS) is 27.2. The number of rotatable bonds is 3. The van der Waals surface area contributed by atoms with Crippen LogP contribution in [0.15, 0.2) is 30.3 Å². The molecule has 3 amide bonds.